The summed E-state index contributed by atoms with van der Waals surface area (Å²) in [5, 5.41) is 5.65. The Hall–Kier alpha value is -2.69. The van der Waals surface area contributed by atoms with Crippen molar-refractivity contribution >= 4 is 22.4 Å². The molecule has 1 saturated heterocycles. The normalized spacial score (nSPS) is 21.4. The van der Waals surface area contributed by atoms with E-state index in [1.807, 2.05) is 6.07 Å². The van der Waals surface area contributed by atoms with Crippen LogP contribution < -0.4 is 16.2 Å². The van der Waals surface area contributed by atoms with Crippen molar-refractivity contribution in [1.29, 1.82) is 0 Å². The van der Waals surface area contributed by atoms with E-state index in [4.69, 9.17) is 0 Å². The lowest BCUT2D eigenvalue weighted by molar-refractivity contribution is -0.117. The number of anilines is 1. The van der Waals surface area contributed by atoms with Crippen LogP contribution in [0.5, 0.6) is 0 Å². The third-order valence-corrected chi connectivity index (χ3v) is 6.07. The van der Waals surface area contributed by atoms with Crippen LogP contribution in [0.1, 0.15) is 42.0 Å². The second-order valence-electron chi connectivity index (χ2n) is 7.84. The molecule has 3 aromatic rings. The van der Waals surface area contributed by atoms with Gasteiger partial charge in [-0.05, 0) is 65.6 Å². The summed E-state index contributed by atoms with van der Waals surface area (Å²) in [7, 11) is 0. The Balaban J connectivity index is 1.33. The van der Waals surface area contributed by atoms with Gasteiger partial charge in [0.1, 0.15) is 6.04 Å². The number of hydrogen-bond acceptors (Lipinski definition) is 3. The summed E-state index contributed by atoms with van der Waals surface area (Å²) in [6.45, 7) is 0. The second-order valence-corrected chi connectivity index (χ2v) is 7.84. The Morgan fingerprint density at radius 2 is 1.71 bits per heavy atom. The molecule has 3 aromatic carbocycles. The molecule has 2 atom stereocenters. The van der Waals surface area contributed by atoms with Gasteiger partial charge >= 0.3 is 0 Å². The molecule has 1 heterocycles. The Morgan fingerprint density at radius 3 is 2.68 bits per heavy atom. The maximum Gasteiger partial charge on any atom is 0.242 e. The van der Waals surface area contributed by atoms with Crippen LogP contribution in [0.2, 0.25) is 0 Å². The highest BCUT2D eigenvalue weighted by atomic mass is 16.2. The Labute approximate surface area is 165 Å². The zero-order chi connectivity index (χ0) is 18.9. The molecule has 3 N–H and O–H groups in total. The van der Waals surface area contributed by atoms with Crippen LogP contribution in [0.3, 0.4) is 0 Å². The molecular formula is C24H25N3O. The summed E-state index contributed by atoms with van der Waals surface area (Å²) in [4.78, 5) is 12.9. The molecule has 0 bridgehead atoms. The quantitative estimate of drug-likeness (QED) is 0.645. The molecule has 28 heavy (non-hydrogen) atoms. The summed E-state index contributed by atoms with van der Waals surface area (Å²) >= 11 is 0. The first kappa shape index (κ1) is 17.4. The molecule has 0 aromatic heterocycles. The number of hydrogen-bond donors (Lipinski definition) is 3. The molecule has 1 aliphatic carbocycles. The van der Waals surface area contributed by atoms with E-state index >= 15 is 0 Å². The van der Waals surface area contributed by atoms with Gasteiger partial charge in [0.2, 0.25) is 5.91 Å². The van der Waals surface area contributed by atoms with Crippen molar-refractivity contribution in [1.82, 2.24) is 10.9 Å². The highest BCUT2D eigenvalue weighted by Gasteiger charge is 2.31. The zero-order valence-electron chi connectivity index (χ0n) is 15.9. The molecule has 4 nitrogen and oxygen atoms in total. The van der Waals surface area contributed by atoms with Gasteiger partial charge in [0.25, 0.3) is 0 Å². The SMILES string of the molecule is O=C(Nc1cccc2c1CCCC2)C1CC(c2cccc3ccccc23)NN1. The molecule has 0 saturated carbocycles. The van der Waals surface area contributed by atoms with E-state index in [1.165, 1.54) is 40.3 Å². The third kappa shape index (κ3) is 3.19. The van der Waals surface area contributed by atoms with E-state index in [0.29, 0.717) is 0 Å². The minimum atomic E-state index is -0.247. The largest absolute Gasteiger partial charge is 0.324 e. The van der Waals surface area contributed by atoms with Crippen molar-refractivity contribution in [3.63, 3.8) is 0 Å². The van der Waals surface area contributed by atoms with Gasteiger partial charge in [0.05, 0.1) is 0 Å². The van der Waals surface area contributed by atoms with Crippen LogP contribution >= 0.6 is 0 Å². The molecule has 1 amide bonds. The molecule has 2 aliphatic rings. The predicted molar refractivity (Wildman–Crippen MR) is 113 cm³/mol. The number of aryl methyl sites for hydroxylation is 1. The van der Waals surface area contributed by atoms with E-state index < -0.39 is 0 Å². The van der Waals surface area contributed by atoms with Gasteiger partial charge in [-0.15, -0.1) is 0 Å². The maximum absolute atomic E-state index is 12.9. The molecule has 1 fully saturated rings. The number of hydrazine groups is 1. The van der Waals surface area contributed by atoms with Crippen molar-refractivity contribution in [2.75, 3.05) is 5.32 Å². The molecule has 142 valence electrons. The number of nitrogens with one attached hydrogen (secondary N) is 3. The van der Waals surface area contributed by atoms with Gasteiger partial charge in [-0.2, -0.15) is 0 Å². The zero-order valence-corrected chi connectivity index (χ0v) is 15.9. The number of rotatable bonds is 3. The lowest BCUT2D eigenvalue weighted by atomic mass is 9.90. The van der Waals surface area contributed by atoms with Crippen molar-refractivity contribution in [3.8, 4) is 0 Å². The van der Waals surface area contributed by atoms with Gasteiger partial charge in [-0.25, -0.2) is 10.9 Å². The maximum atomic E-state index is 12.9. The molecule has 0 spiro atoms. The number of carbonyl (C=O) groups excluding carboxylic acids is 1. The molecular weight excluding hydrogens is 346 g/mol. The first-order chi connectivity index (χ1) is 13.8. The number of carbonyl (C=O) groups is 1. The fourth-order valence-corrected chi connectivity index (χ4v) is 4.60. The fourth-order valence-electron chi connectivity index (χ4n) is 4.60. The van der Waals surface area contributed by atoms with Gasteiger partial charge in [-0.3, -0.25) is 4.79 Å². The van der Waals surface area contributed by atoms with E-state index in [-0.39, 0.29) is 18.0 Å². The Kier molecular flexibility index (Phi) is 4.59. The van der Waals surface area contributed by atoms with E-state index in [0.717, 1.165) is 24.9 Å². The molecule has 5 rings (SSSR count). The van der Waals surface area contributed by atoms with Crippen molar-refractivity contribution in [3.05, 3.63) is 77.4 Å². The summed E-state index contributed by atoms with van der Waals surface area (Å²) < 4.78 is 0. The van der Waals surface area contributed by atoms with Crippen molar-refractivity contribution in [2.45, 2.75) is 44.2 Å². The average Bonchev–Trinajstić information content (AvgIpc) is 3.24. The smallest absolute Gasteiger partial charge is 0.242 e. The van der Waals surface area contributed by atoms with Crippen LogP contribution in [-0.2, 0) is 17.6 Å². The lowest BCUT2D eigenvalue weighted by Gasteiger charge is -2.20. The minimum absolute atomic E-state index is 0.0363. The third-order valence-electron chi connectivity index (χ3n) is 6.07. The molecule has 2 unspecified atom stereocenters. The van der Waals surface area contributed by atoms with Gasteiger partial charge < -0.3 is 5.32 Å². The van der Waals surface area contributed by atoms with Crippen LogP contribution in [0.25, 0.3) is 10.8 Å². The summed E-state index contributed by atoms with van der Waals surface area (Å²) in [5.41, 5.74) is 11.5. The van der Waals surface area contributed by atoms with E-state index in [9.17, 15) is 4.79 Å². The van der Waals surface area contributed by atoms with Crippen LogP contribution in [0.4, 0.5) is 5.69 Å². The van der Waals surface area contributed by atoms with Gasteiger partial charge in [0.15, 0.2) is 0 Å². The second kappa shape index (κ2) is 7.38. The Morgan fingerprint density at radius 1 is 0.893 bits per heavy atom. The number of amides is 1. The van der Waals surface area contributed by atoms with Gasteiger partial charge in [0, 0.05) is 11.7 Å². The molecule has 1 aliphatic heterocycles. The predicted octanol–water partition coefficient (Wildman–Crippen LogP) is 4.26. The first-order valence-electron chi connectivity index (χ1n) is 10.2. The molecule has 4 heteroatoms. The molecule has 0 radical (unpaired) electrons. The number of benzene rings is 3. The first-order valence-corrected chi connectivity index (χ1v) is 10.2. The van der Waals surface area contributed by atoms with Crippen molar-refractivity contribution < 1.29 is 4.79 Å². The van der Waals surface area contributed by atoms with E-state index in [1.54, 1.807) is 0 Å². The van der Waals surface area contributed by atoms with Gasteiger partial charge in [-0.1, -0.05) is 54.6 Å². The highest BCUT2D eigenvalue weighted by Crippen LogP contribution is 2.31. The van der Waals surface area contributed by atoms with Crippen LogP contribution in [0.15, 0.2) is 60.7 Å². The average molecular weight is 371 g/mol. The monoisotopic (exact) mass is 371 g/mol. The summed E-state index contributed by atoms with van der Waals surface area (Å²) in [5.74, 6) is 0.0363. The Bertz CT molecular complexity index is 1020. The number of fused-ring (bicyclic) bond motifs is 2. The van der Waals surface area contributed by atoms with Crippen LogP contribution in [-0.4, -0.2) is 11.9 Å². The summed E-state index contributed by atoms with van der Waals surface area (Å²) in [6, 6.07) is 20.9. The van der Waals surface area contributed by atoms with Crippen LogP contribution in [0, 0.1) is 0 Å². The topological polar surface area (TPSA) is 53.2 Å². The highest BCUT2D eigenvalue weighted by molar-refractivity contribution is 5.96. The summed E-state index contributed by atoms with van der Waals surface area (Å²) in [6.07, 6.45) is 5.35. The lowest BCUT2D eigenvalue weighted by Crippen LogP contribution is -2.39. The minimum Gasteiger partial charge on any atom is -0.324 e. The standard InChI is InChI=1S/C24H25N3O/c28-24(25-21-14-6-10-17-8-2-4-12-19(17)21)23-15-22(26-27-23)20-13-5-9-16-7-1-3-11-18(16)20/h1,3,5-7,9-11,13-14,22-23,26-27H,2,4,8,12,15H2,(H,25,28). The fraction of sp³-hybridized carbons (Fsp3) is 0.292. The van der Waals surface area contributed by atoms with Crippen molar-refractivity contribution in [2.24, 2.45) is 0 Å². The van der Waals surface area contributed by atoms with E-state index in [2.05, 4.69) is 70.8 Å².